The predicted octanol–water partition coefficient (Wildman–Crippen LogP) is 2.04. The van der Waals surface area contributed by atoms with E-state index < -0.39 is 10.0 Å². The lowest BCUT2D eigenvalue weighted by Crippen LogP contribution is -2.31. The third kappa shape index (κ3) is 2.64. The van der Waals surface area contributed by atoms with Gasteiger partial charge in [-0.15, -0.1) is 0 Å². The van der Waals surface area contributed by atoms with E-state index in [0.29, 0.717) is 35.0 Å². The Morgan fingerprint density at radius 2 is 2.19 bits per heavy atom. The van der Waals surface area contributed by atoms with Gasteiger partial charge in [0.1, 0.15) is 11.0 Å². The van der Waals surface area contributed by atoms with Gasteiger partial charge >= 0.3 is 0 Å². The van der Waals surface area contributed by atoms with E-state index in [9.17, 15) is 18.8 Å². The van der Waals surface area contributed by atoms with E-state index >= 15 is 0 Å². The lowest BCUT2D eigenvalue weighted by atomic mass is 9.90. The van der Waals surface area contributed by atoms with Gasteiger partial charge in [-0.1, -0.05) is 6.07 Å². The normalized spacial score (nSPS) is 19.9. The Labute approximate surface area is 150 Å². The third-order valence-electron chi connectivity index (χ3n) is 4.76. The smallest absolute Gasteiger partial charge is 0.265 e. The summed E-state index contributed by atoms with van der Waals surface area (Å²) in [6.07, 6.45) is 5.15. The van der Waals surface area contributed by atoms with E-state index in [-0.39, 0.29) is 17.0 Å². The quantitative estimate of drug-likeness (QED) is 0.647. The molecule has 3 N–H and O–H groups in total. The summed E-state index contributed by atoms with van der Waals surface area (Å²) in [6.45, 7) is 1.87. The standard InChI is InChI=1S/C17H17N5O3S/c1-10-2-3-15(17-16(10)11(6-18)7-19-17)21-26(24,25)14-8-20-22(9-14)12-4-13(23)5-12/h2-3,7-9,12-13,19,21,23H,4-5H2,1H3/t12-,13+. The van der Waals surface area contributed by atoms with Crippen molar-refractivity contribution < 1.29 is 13.5 Å². The summed E-state index contributed by atoms with van der Waals surface area (Å²) in [7, 11) is -3.82. The minimum Gasteiger partial charge on any atom is -0.393 e. The second-order valence-electron chi connectivity index (χ2n) is 6.53. The molecule has 0 unspecified atom stereocenters. The fourth-order valence-electron chi connectivity index (χ4n) is 3.23. The number of sulfonamides is 1. The number of nitriles is 1. The molecule has 1 saturated carbocycles. The molecule has 1 aromatic carbocycles. The van der Waals surface area contributed by atoms with Crippen LogP contribution in [0.4, 0.5) is 5.69 Å². The lowest BCUT2D eigenvalue weighted by molar-refractivity contribution is 0.0433. The number of H-pyrrole nitrogens is 1. The molecule has 1 aliphatic rings. The maximum Gasteiger partial charge on any atom is 0.265 e. The highest BCUT2D eigenvalue weighted by Crippen LogP contribution is 2.33. The Balaban J connectivity index is 1.67. The van der Waals surface area contributed by atoms with Crippen LogP contribution in [-0.4, -0.2) is 34.4 Å². The molecule has 0 spiro atoms. The van der Waals surface area contributed by atoms with Crippen LogP contribution < -0.4 is 4.72 Å². The molecule has 1 aliphatic carbocycles. The minimum absolute atomic E-state index is 0.0293. The van der Waals surface area contributed by atoms with Crippen molar-refractivity contribution in [2.45, 2.75) is 36.8 Å². The predicted molar refractivity (Wildman–Crippen MR) is 95.1 cm³/mol. The molecular weight excluding hydrogens is 354 g/mol. The number of aromatic nitrogens is 3. The lowest BCUT2D eigenvalue weighted by Gasteiger charge is -2.31. The topological polar surface area (TPSA) is 124 Å². The maximum atomic E-state index is 12.7. The molecule has 9 heteroatoms. The Morgan fingerprint density at radius 3 is 2.88 bits per heavy atom. The summed E-state index contributed by atoms with van der Waals surface area (Å²) >= 11 is 0. The molecule has 0 saturated heterocycles. The summed E-state index contributed by atoms with van der Waals surface area (Å²) < 4.78 is 29.6. The second kappa shape index (κ2) is 5.86. The number of benzene rings is 1. The highest BCUT2D eigenvalue weighted by Gasteiger charge is 2.30. The number of aliphatic hydroxyl groups is 1. The molecule has 134 valence electrons. The van der Waals surface area contributed by atoms with Crippen molar-refractivity contribution in [1.82, 2.24) is 14.8 Å². The first kappa shape index (κ1) is 16.6. The number of nitrogens with zero attached hydrogens (tertiary/aromatic N) is 3. The molecule has 0 amide bonds. The zero-order valence-electron chi connectivity index (χ0n) is 14.0. The van der Waals surface area contributed by atoms with E-state index in [0.717, 1.165) is 5.56 Å². The molecule has 4 rings (SSSR count). The van der Waals surface area contributed by atoms with Gasteiger partial charge in [0, 0.05) is 17.8 Å². The van der Waals surface area contributed by atoms with Crippen LogP contribution in [0, 0.1) is 18.3 Å². The largest absolute Gasteiger partial charge is 0.393 e. The maximum absolute atomic E-state index is 12.7. The second-order valence-corrected chi connectivity index (χ2v) is 8.22. The summed E-state index contributed by atoms with van der Waals surface area (Å²) in [5.74, 6) is 0. The Morgan fingerprint density at radius 1 is 1.42 bits per heavy atom. The third-order valence-corrected chi connectivity index (χ3v) is 6.08. The van der Waals surface area contributed by atoms with Crippen molar-refractivity contribution in [3.63, 3.8) is 0 Å². The molecule has 26 heavy (non-hydrogen) atoms. The van der Waals surface area contributed by atoms with E-state index in [1.807, 2.05) is 6.92 Å². The number of hydrogen-bond donors (Lipinski definition) is 3. The van der Waals surface area contributed by atoms with Gasteiger partial charge in [-0.2, -0.15) is 10.4 Å². The van der Waals surface area contributed by atoms with Crippen molar-refractivity contribution >= 4 is 26.6 Å². The number of aryl methyl sites for hydroxylation is 1. The van der Waals surface area contributed by atoms with Crippen molar-refractivity contribution in [3.05, 3.63) is 41.9 Å². The SMILES string of the molecule is Cc1ccc(NS(=O)(=O)c2cnn([C@H]3C[C@@H](O)C3)c2)c2[nH]cc(C#N)c12. The van der Waals surface area contributed by atoms with Crippen molar-refractivity contribution in [2.24, 2.45) is 0 Å². The number of aliphatic hydroxyl groups excluding tert-OH is 1. The van der Waals surface area contributed by atoms with Crippen LogP contribution >= 0.6 is 0 Å². The summed E-state index contributed by atoms with van der Waals surface area (Å²) in [5, 5.41) is 23.4. The van der Waals surface area contributed by atoms with Gasteiger partial charge in [-0.25, -0.2) is 8.42 Å². The van der Waals surface area contributed by atoms with Gasteiger partial charge in [-0.05, 0) is 31.4 Å². The fraction of sp³-hybridized carbons (Fsp3) is 0.294. The molecule has 0 aliphatic heterocycles. The van der Waals surface area contributed by atoms with Crippen LogP contribution in [0.5, 0.6) is 0 Å². The Kier molecular flexibility index (Phi) is 3.75. The van der Waals surface area contributed by atoms with E-state index in [2.05, 4.69) is 20.9 Å². The zero-order chi connectivity index (χ0) is 18.5. The number of anilines is 1. The van der Waals surface area contributed by atoms with Crippen LogP contribution in [0.25, 0.3) is 10.9 Å². The number of nitrogens with one attached hydrogen (secondary N) is 2. The van der Waals surface area contributed by atoms with Gasteiger partial charge in [-0.3, -0.25) is 9.40 Å². The fourth-order valence-corrected chi connectivity index (χ4v) is 4.24. The Bertz CT molecular complexity index is 1130. The summed E-state index contributed by atoms with van der Waals surface area (Å²) in [5.41, 5.74) is 2.30. The molecule has 0 bridgehead atoms. The number of aromatic amines is 1. The Hall–Kier alpha value is -2.83. The van der Waals surface area contributed by atoms with Gasteiger partial charge in [0.15, 0.2) is 0 Å². The molecule has 0 atom stereocenters. The first-order valence-corrected chi connectivity index (χ1v) is 9.63. The van der Waals surface area contributed by atoms with Crippen molar-refractivity contribution in [2.75, 3.05) is 4.72 Å². The van der Waals surface area contributed by atoms with Gasteiger partial charge in [0.2, 0.25) is 0 Å². The summed E-state index contributed by atoms with van der Waals surface area (Å²) in [6, 6.07) is 5.57. The highest BCUT2D eigenvalue weighted by atomic mass is 32.2. The van der Waals surface area contributed by atoms with Crippen LogP contribution in [0.2, 0.25) is 0 Å². The summed E-state index contributed by atoms with van der Waals surface area (Å²) in [4.78, 5) is 3.03. The molecule has 2 aromatic heterocycles. The van der Waals surface area contributed by atoms with Crippen molar-refractivity contribution in [1.29, 1.82) is 5.26 Å². The van der Waals surface area contributed by atoms with Gasteiger partial charge < -0.3 is 10.1 Å². The molecule has 2 heterocycles. The number of rotatable bonds is 4. The van der Waals surface area contributed by atoms with Crippen LogP contribution in [0.1, 0.15) is 30.0 Å². The number of fused-ring (bicyclic) bond motifs is 1. The van der Waals surface area contributed by atoms with E-state index in [4.69, 9.17) is 0 Å². The van der Waals surface area contributed by atoms with Gasteiger partial charge in [0.25, 0.3) is 10.0 Å². The average Bonchev–Trinajstić information content (AvgIpc) is 3.22. The van der Waals surface area contributed by atoms with Crippen LogP contribution in [0.3, 0.4) is 0 Å². The van der Waals surface area contributed by atoms with Crippen LogP contribution in [0.15, 0.2) is 35.6 Å². The first-order chi connectivity index (χ1) is 12.4. The van der Waals surface area contributed by atoms with Gasteiger partial charge in [0.05, 0.1) is 35.1 Å². The molecule has 3 aromatic rings. The molecule has 0 radical (unpaired) electrons. The van der Waals surface area contributed by atoms with E-state index in [1.165, 1.54) is 12.4 Å². The molecule has 1 fully saturated rings. The zero-order valence-corrected chi connectivity index (χ0v) is 14.8. The highest BCUT2D eigenvalue weighted by molar-refractivity contribution is 7.92. The molecular formula is C17H17N5O3S. The number of hydrogen-bond acceptors (Lipinski definition) is 5. The monoisotopic (exact) mass is 371 g/mol. The average molecular weight is 371 g/mol. The van der Waals surface area contributed by atoms with Crippen LogP contribution in [-0.2, 0) is 10.0 Å². The minimum atomic E-state index is -3.82. The molecule has 8 nitrogen and oxygen atoms in total. The van der Waals surface area contributed by atoms with E-state index in [1.54, 1.807) is 23.0 Å². The first-order valence-electron chi connectivity index (χ1n) is 8.15. The van der Waals surface area contributed by atoms with Crippen molar-refractivity contribution in [3.8, 4) is 6.07 Å².